The van der Waals surface area contributed by atoms with Gasteiger partial charge in [-0.25, -0.2) is 9.97 Å². The molecule has 0 radical (unpaired) electrons. The first-order chi connectivity index (χ1) is 8.33. The van der Waals surface area contributed by atoms with E-state index in [0.29, 0.717) is 6.54 Å². The molecule has 90 valence electrons. The number of anilines is 1. The summed E-state index contributed by atoms with van der Waals surface area (Å²) in [7, 11) is 0. The summed E-state index contributed by atoms with van der Waals surface area (Å²) in [5.74, 6) is 0.987. The number of piperazine rings is 1. The molecular formula is C11H15N5S. The van der Waals surface area contributed by atoms with E-state index < -0.39 is 0 Å². The van der Waals surface area contributed by atoms with Crippen LogP contribution >= 0.6 is 11.8 Å². The van der Waals surface area contributed by atoms with E-state index in [9.17, 15) is 0 Å². The number of hydrogen-bond donors (Lipinski definition) is 0. The molecule has 6 heteroatoms. The molecule has 0 N–H and O–H groups in total. The van der Waals surface area contributed by atoms with E-state index in [2.05, 4.69) is 25.8 Å². The Kier molecular flexibility index (Phi) is 4.18. The molecule has 17 heavy (non-hydrogen) atoms. The van der Waals surface area contributed by atoms with Crippen molar-refractivity contribution < 1.29 is 0 Å². The average Bonchev–Trinajstić information content (AvgIpc) is 2.40. The van der Waals surface area contributed by atoms with Gasteiger partial charge >= 0.3 is 0 Å². The van der Waals surface area contributed by atoms with E-state index in [1.165, 1.54) is 0 Å². The van der Waals surface area contributed by atoms with Crippen molar-refractivity contribution in [2.24, 2.45) is 0 Å². The fourth-order valence-corrected chi connectivity index (χ4v) is 2.23. The summed E-state index contributed by atoms with van der Waals surface area (Å²) in [4.78, 5) is 12.9. The molecule has 0 saturated carbocycles. The van der Waals surface area contributed by atoms with E-state index >= 15 is 0 Å². The van der Waals surface area contributed by atoms with Crippen LogP contribution in [0.3, 0.4) is 0 Å². The standard InChI is InChI=1S/C11H15N5S/c1-17-11-8-10(13-9-14-11)16-6-4-15(3-2-12)5-7-16/h8-9H,3-7H2,1H3. The molecular weight excluding hydrogens is 234 g/mol. The minimum absolute atomic E-state index is 0.522. The van der Waals surface area contributed by atoms with Crippen LogP contribution < -0.4 is 4.90 Å². The first kappa shape index (κ1) is 12.1. The number of hydrogen-bond acceptors (Lipinski definition) is 6. The van der Waals surface area contributed by atoms with Crippen molar-refractivity contribution in [3.05, 3.63) is 12.4 Å². The minimum atomic E-state index is 0.522. The summed E-state index contributed by atoms with van der Waals surface area (Å²) in [6, 6.07) is 4.21. The fraction of sp³-hybridized carbons (Fsp3) is 0.545. The molecule has 2 heterocycles. The lowest BCUT2D eigenvalue weighted by Crippen LogP contribution is -2.46. The molecule has 1 saturated heterocycles. The summed E-state index contributed by atoms with van der Waals surface area (Å²) in [6.45, 7) is 4.21. The van der Waals surface area contributed by atoms with Gasteiger partial charge in [-0.2, -0.15) is 5.26 Å². The predicted octanol–water partition coefficient (Wildman–Crippen LogP) is 0.844. The molecule has 0 spiro atoms. The highest BCUT2D eigenvalue weighted by atomic mass is 32.2. The lowest BCUT2D eigenvalue weighted by molar-refractivity contribution is 0.286. The monoisotopic (exact) mass is 249 g/mol. The first-order valence-corrected chi connectivity index (χ1v) is 6.76. The Morgan fingerprint density at radius 3 is 2.76 bits per heavy atom. The second-order valence-electron chi connectivity index (χ2n) is 3.84. The SMILES string of the molecule is CSc1cc(N2CCN(CC#N)CC2)ncn1. The van der Waals surface area contributed by atoms with Crippen LogP contribution in [0, 0.1) is 11.3 Å². The van der Waals surface area contributed by atoms with Crippen LogP contribution in [0.5, 0.6) is 0 Å². The van der Waals surface area contributed by atoms with Crippen LogP contribution in [0.1, 0.15) is 0 Å². The normalized spacial score (nSPS) is 16.8. The van der Waals surface area contributed by atoms with Crippen molar-refractivity contribution in [1.82, 2.24) is 14.9 Å². The van der Waals surface area contributed by atoms with Gasteiger partial charge in [0.2, 0.25) is 0 Å². The van der Waals surface area contributed by atoms with Crippen LogP contribution in [0.2, 0.25) is 0 Å². The van der Waals surface area contributed by atoms with Crippen LogP contribution in [-0.4, -0.2) is 53.8 Å². The Hall–Kier alpha value is -1.32. The molecule has 1 aromatic heterocycles. The number of nitriles is 1. The highest BCUT2D eigenvalue weighted by Crippen LogP contribution is 2.18. The third-order valence-corrected chi connectivity index (χ3v) is 3.47. The highest BCUT2D eigenvalue weighted by molar-refractivity contribution is 7.98. The van der Waals surface area contributed by atoms with E-state index in [1.807, 2.05) is 12.3 Å². The second-order valence-corrected chi connectivity index (χ2v) is 4.67. The third-order valence-electron chi connectivity index (χ3n) is 2.83. The summed E-state index contributed by atoms with van der Waals surface area (Å²) in [6.07, 6.45) is 3.62. The Labute approximate surface area is 105 Å². The van der Waals surface area contributed by atoms with Crippen molar-refractivity contribution in [3.8, 4) is 6.07 Å². The Morgan fingerprint density at radius 2 is 2.12 bits per heavy atom. The molecule has 1 fully saturated rings. The molecule has 1 aliphatic heterocycles. The minimum Gasteiger partial charge on any atom is -0.354 e. The quantitative estimate of drug-likeness (QED) is 0.449. The zero-order valence-corrected chi connectivity index (χ0v) is 10.7. The summed E-state index contributed by atoms with van der Waals surface area (Å²) in [5, 5.41) is 9.64. The van der Waals surface area contributed by atoms with Crippen LogP contribution in [0.15, 0.2) is 17.4 Å². The first-order valence-electron chi connectivity index (χ1n) is 5.54. The Morgan fingerprint density at radius 1 is 1.35 bits per heavy atom. The molecule has 1 aliphatic rings. The lowest BCUT2D eigenvalue weighted by atomic mass is 10.3. The molecule has 0 atom stereocenters. The second kappa shape index (κ2) is 5.84. The maximum absolute atomic E-state index is 8.64. The largest absolute Gasteiger partial charge is 0.354 e. The van der Waals surface area contributed by atoms with Crippen molar-refractivity contribution in [1.29, 1.82) is 5.26 Å². The van der Waals surface area contributed by atoms with Gasteiger partial charge in [-0.05, 0) is 6.26 Å². The van der Waals surface area contributed by atoms with E-state index in [-0.39, 0.29) is 0 Å². The van der Waals surface area contributed by atoms with Gasteiger partial charge in [0.05, 0.1) is 12.6 Å². The van der Waals surface area contributed by atoms with Gasteiger partial charge in [0.25, 0.3) is 0 Å². The van der Waals surface area contributed by atoms with E-state index in [4.69, 9.17) is 5.26 Å². The summed E-state index contributed by atoms with van der Waals surface area (Å²) >= 11 is 1.62. The van der Waals surface area contributed by atoms with Crippen molar-refractivity contribution in [2.45, 2.75) is 5.03 Å². The Bertz CT molecular complexity index is 409. The Balaban J connectivity index is 1.98. The zero-order chi connectivity index (χ0) is 12.1. The molecule has 2 rings (SSSR count). The summed E-state index contributed by atoms with van der Waals surface area (Å²) in [5.41, 5.74) is 0. The van der Waals surface area contributed by atoms with Gasteiger partial charge in [-0.1, -0.05) is 0 Å². The van der Waals surface area contributed by atoms with Gasteiger partial charge in [0.15, 0.2) is 0 Å². The van der Waals surface area contributed by atoms with Gasteiger partial charge in [0.1, 0.15) is 17.2 Å². The molecule has 5 nitrogen and oxygen atoms in total. The topological polar surface area (TPSA) is 56.0 Å². The molecule has 0 aliphatic carbocycles. The van der Waals surface area contributed by atoms with Crippen molar-refractivity contribution in [3.63, 3.8) is 0 Å². The van der Waals surface area contributed by atoms with Crippen LogP contribution in [-0.2, 0) is 0 Å². The molecule has 0 unspecified atom stereocenters. The van der Waals surface area contributed by atoms with E-state index in [1.54, 1.807) is 18.1 Å². The van der Waals surface area contributed by atoms with Crippen molar-refractivity contribution in [2.75, 3.05) is 43.9 Å². The number of nitrogens with zero attached hydrogens (tertiary/aromatic N) is 5. The summed E-state index contributed by atoms with van der Waals surface area (Å²) < 4.78 is 0. The van der Waals surface area contributed by atoms with Gasteiger partial charge in [-0.15, -0.1) is 11.8 Å². The number of thioether (sulfide) groups is 1. The molecule has 1 aromatic rings. The number of aromatic nitrogens is 2. The van der Waals surface area contributed by atoms with Gasteiger partial charge < -0.3 is 4.90 Å². The van der Waals surface area contributed by atoms with E-state index in [0.717, 1.165) is 37.0 Å². The predicted molar refractivity (Wildman–Crippen MR) is 68.1 cm³/mol. The van der Waals surface area contributed by atoms with Crippen LogP contribution in [0.25, 0.3) is 0 Å². The highest BCUT2D eigenvalue weighted by Gasteiger charge is 2.17. The maximum atomic E-state index is 8.64. The number of rotatable bonds is 3. The average molecular weight is 249 g/mol. The fourth-order valence-electron chi connectivity index (χ4n) is 1.85. The van der Waals surface area contributed by atoms with Gasteiger partial charge in [-0.3, -0.25) is 4.90 Å². The molecule has 0 bridgehead atoms. The molecule has 0 amide bonds. The zero-order valence-electron chi connectivity index (χ0n) is 9.83. The van der Waals surface area contributed by atoms with Gasteiger partial charge in [0, 0.05) is 32.2 Å². The smallest absolute Gasteiger partial charge is 0.133 e. The molecule has 0 aromatic carbocycles. The van der Waals surface area contributed by atoms with Crippen LogP contribution in [0.4, 0.5) is 5.82 Å². The third kappa shape index (κ3) is 3.08. The van der Waals surface area contributed by atoms with Crippen molar-refractivity contribution >= 4 is 17.6 Å². The lowest BCUT2D eigenvalue weighted by Gasteiger charge is -2.34. The maximum Gasteiger partial charge on any atom is 0.133 e.